The quantitative estimate of drug-likeness (QED) is 0.633. The van der Waals surface area contributed by atoms with Crippen molar-refractivity contribution in [2.75, 3.05) is 38.2 Å². The van der Waals surface area contributed by atoms with Gasteiger partial charge >= 0.3 is 0 Å². The Bertz CT molecular complexity index is 1050. The molecule has 0 spiro atoms. The number of hydrogen-bond donors (Lipinski definition) is 0. The van der Waals surface area contributed by atoms with E-state index in [1.807, 2.05) is 0 Å². The normalized spacial score (nSPS) is 14.6. The molecule has 0 radical (unpaired) electrons. The Hall–Kier alpha value is -2.45. The summed E-state index contributed by atoms with van der Waals surface area (Å²) < 4.78 is 33.2. The van der Waals surface area contributed by atoms with Crippen LogP contribution in [0.25, 0.3) is 10.2 Å². The van der Waals surface area contributed by atoms with Crippen LogP contribution in [-0.4, -0.2) is 49.1 Å². The number of fused-ring (bicyclic) bond motifs is 1. The van der Waals surface area contributed by atoms with E-state index in [-0.39, 0.29) is 5.56 Å². The highest BCUT2D eigenvalue weighted by Crippen LogP contribution is 2.38. The zero-order valence-corrected chi connectivity index (χ0v) is 16.5. The van der Waals surface area contributed by atoms with Gasteiger partial charge in [-0.25, -0.2) is 13.8 Å². The van der Waals surface area contributed by atoms with Crippen molar-refractivity contribution < 1.29 is 18.3 Å². The molecule has 0 N–H and O–H groups in total. The monoisotopic (exact) mass is 423 g/mol. The SMILES string of the molecule is COc1ccc(Cl)c2sc(N3CCN(C(=O)c4ccc(F)cc4F)CC3)nc12. The first-order chi connectivity index (χ1) is 13.5. The van der Waals surface area contributed by atoms with Crippen LogP contribution in [0.2, 0.25) is 5.02 Å². The Morgan fingerprint density at radius 2 is 1.93 bits per heavy atom. The van der Waals surface area contributed by atoms with Crippen molar-refractivity contribution in [1.82, 2.24) is 9.88 Å². The summed E-state index contributed by atoms with van der Waals surface area (Å²) in [7, 11) is 1.58. The predicted molar refractivity (Wildman–Crippen MR) is 106 cm³/mol. The molecule has 4 rings (SSSR count). The zero-order chi connectivity index (χ0) is 19.8. The minimum Gasteiger partial charge on any atom is -0.494 e. The average molecular weight is 424 g/mol. The molecular formula is C19H16ClF2N3O2S. The molecule has 0 bridgehead atoms. The second kappa shape index (κ2) is 7.52. The number of rotatable bonds is 3. The van der Waals surface area contributed by atoms with Gasteiger partial charge in [0.05, 0.1) is 22.4 Å². The van der Waals surface area contributed by atoms with Crippen LogP contribution in [0.5, 0.6) is 5.75 Å². The molecule has 0 saturated carbocycles. The standard InChI is InChI=1S/C19H16ClF2N3O2S/c1-27-15-5-4-13(20)17-16(15)23-19(28-17)25-8-6-24(7-9-25)18(26)12-3-2-11(21)10-14(12)22/h2-5,10H,6-9H2,1H3. The number of piperazine rings is 1. The predicted octanol–water partition coefficient (Wildman–Crippen LogP) is 4.20. The van der Waals surface area contributed by atoms with Gasteiger partial charge in [-0.3, -0.25) is 4.79 Å². The lowest BCUT2D eigenvalue weighted by Gasteiger charge is -2.34. The van der Waals surface area contributed by atoms with Gasteiger partial charge in [0.15, 0.2) is 5.13 Å². The Morgan fingerprint density at radius 1 is 1.18 bits per heavy atom. The van der Waals surface area contributed by atoms with Crippen molar-refractivity contribution in [3.63, 3.8) is 0 Å². The Morgan fingerprint density at radius 3 is 2.61 bits per heavy atom. The summed E-state index contributed by atoms with van der Waals surface area (Å²) in [4.78, 5) is 20.8. The van der Waals surface area contributed by atoms with Crippen molar-refractivity contribution >= 4 is 44.2 Å². The summed E-state index contributed by atoms with van der Waals surface area (Å²) in [5, 5.41) is 1.40. The maximum Gasteiger partial charge on any atom is 0.256 e. The number of carbonyl (C=O) groups excluding carboxylic acids is 1. The highest BCUT2D eigenvalue weighted by atomic mass is 35.5. The molecule has 28 heavy (non-hydrogen) atoms. The molecule has 1 amide bonds. The number of nitrogens with zero attached hydrogens (tertiary/aromatic N) is 3. The van der Waals surface area contributed by atoms with Crippen LogP contribution >= 0.6 is 22.9 Å². The number of hydrogen-bond acceptors (Lipinski definition) is 5. The maximum atomic E-state index is 13.9. The summed E-state index contributed by atoms with van der Waals surface area (Å²) in [5.74, 6) is -1.34. The van der Waals surface area contributed by atoms with Crippen LogP contribution < -0.4 is 9.64 Å². The number of thiazole rings is 1. The van der Waals surface area contributed by atoms with Crippen LogP contribution in [-0.2, 0) is 0 Å². The van der Waals surface area contributed by atoms with E-state index in [9.17, 15) is 13.6 Å². The molecule has 0 unspecified atom stereocenters. The molecular weight excluding hydrogens is 408 g/mol. The van der Waals surface area contributed by atoms with Crippen molar-refractivity contribution in [3.8, 4) is 5.75 Å². The summed E-state index contributed by atoms with van der Waals surface area (Å²) in [6.45, 7) is 1.93. The molecule has 1 fully saturated rings. The van der Waals surface area contributed by atoms with Gasteiger partial charge in [-0.1, -0.05) is 22.9 Å². The van der Waals surface area contributed by atoms with Gasteiger partial charge in [0.25, 0.3) is 5.91 Å². The summed E-state index contributed by atoms with van der Waals surface area (Å²) >= 11 is 7.75. The highest BCUT2D eigenvalue weighted by Gasteiger charge is 2.26. The minimum atomic E-state index is -0.847. The molecule has 1 aromatic heterocycles. The molecule has 3 aromatic rings. The first kappa shape index (κ1) is 18.9. The van der Waals surface area contributed by atoms with E-state index in [1.165, 1.54) is 17.4 Å². The first-order valence-electron chi connectivity index (χ1n) is 8.60. The van der Waals surface area contributed by atoms with Crippen molar-refractivity contribution in [2.45, 2.75) is 0 Å². The van der Waals surface area contributed by atoms with Crippen LogP contribution in [0.15, 0.2) is 30.3 Å². The summed E-state index contributed by atoms with van der Waals surface area (Å²) in [6.07, 6.45) is 0. The van der Waals surface area contributed by atoms with Crippen molar-refractivity contribution in [3.05, 3.63) is 52.6 Å². The first-order valence-corrected chi connectivity index (χ1v) is 9.79. The van der Waals surface area contributed by atoms with Crippen molar-refractivity contribution in [1.29, 1.82) is 0 Å². The van der Waals surface area contributed by atoms with E-state index in [0.717, 1.165) is 22.0 Å². The lowest BCUT2D eigenvalue weighted by molar-refractivity contribution is 0.0742. The Kier molecular flexibility index (Phi) is 5.07. The van der Waals surface area contributed by atoms with Gasteiger partial charge in [-0.15, -0.1) is 0 Å². The van der Waals surface area contributed by atoms with E-state index in [0.29, 0.717) is 42.5 Å². The molecule has 1 aliphatic rings. The second-order valence-electron chi connectivity index (χ2n) is 6.33. The summed E-state index contributed by atoms with van der Waals surface area (Å²) in [6, 6.07) is 6.55. The molecule has 2 heterocycles. The third-order valence-corrected chi connectivity index (χ3v) is 6.24. The number of benzene rings is 2. The smallest absolute Gasteiger partial charge is 0.256 e. The number of halogens is 3. The molecule has 2 aromatic carbocycles. The average Bonchev–Trinajstić information content (AvgIpc) is 3.14. The second-order valence-corrected chi connectivity index (χ2v) is 7.71. The number of methoxy groups -OCH3 is 1. The van der Waals surface area contributed by atoms with E-state index < -0.39 is 17.5 Å². The summed E-state index contributed by atoms with van der Waals surface area (Å²) in [5.41, 5.74) is 0.591. The minimum absolute atomic E-state index is 0.119. The van der Waals surface area contributed by atoms with Gasteiger partial charge in [-0.2, -0.15) is 0 Å². The molecule has 1 saturated heterocycles. The fourth-order valence-electron chi connectivity index (χ4n) is 3.18. The Balaban J connectivity index is 1.50. The van der Waals surface area contributed by atoms with Gasteiger partial charge < -0.3 is 14.5 Å². The van der Waals surface area contributed by atoms with E-state index in [2.05, 4.69) is 9.88 Å². The van der Waals surface area contributed by atoms with Crippen LogP contribution in [0.4, 0.5) is 13.9 Å². The number of carbonyl (C=O) groups is 1. The third kappa shape index (κ3) is 3.38. The number of ether oxygens (including phenoxy) is 1. The van der Waals surface area contributed by atoms with Gasteiger partial charge in [0, 0.05) is 32.2 Å². The molecule has 146 valence electrons. The van der Waals surface area contributed by atoms with Gasteiger partial charge in [0.2, 0.25) is 0 Å². The molecule has 9 heteroatoms. The topological polar surface area (TPSA) is 45.7 Å². The van der Waals surface area contributed by atoms with Crippen molar-refractivity contribution in [2.24, 2.45) is 0 Å². The van der Waals surface area contributed by atoms with E-state index >= 15 is 0 Å². The lowest BCUT2D eigenvalue weighted by atomic mass is 10.1. The third-order valence-electron chi connectivity index (χ3n) is 4.67. The van der Waals surface area contributed by atoms with Crippen LogP contribution in [0.3, 0.4) is 0 Å². The van der Waals surface area contributed by atoms with Gasteiger partial charge in [-0.05, 0) is 24.3 Å². The molecule has 1 aliphatic heterocycles. The zero-order valence-electron chi connectivity index (χ0n) is 14.9. The molecule has 5 nitrogen and oxygen atoms in total. The largest absolute Gasteiger partial charge is 0.494 e. The lowest BCUT2D eigenvalue weighted by Crippen LogP contribution is -2.49. The Labute approximate surface area is 169 Å². The van der Waals surface area contributed by atoms with E-state index in [1.54, 1.807) is 24.1 Å². The number of anilines is 1. The van der Waals surface area contributed by atoms with Gasteiger partial charge in [0.1, 0.15) is 22.9 Å². The van der Waals surface area contributed by atoms with Crippen LogP contribution in [0.1, 0.15) is 10.4 Å². The molecule has 0 aliphatic carbocycles. The van der Waals surface area contributed by atoms with E-state index in [4.69, 9.17) is 16.3 Å². The fourth-order valence-corrected chi connectivity index (χ4v) is 4.48. The molecule has 0 atom stereocenters. The maximum absolute atomic E-state index is 13.9. The number of amides is 1. The number of aromatic nitrogens is 1. The highest BCUT2D eigenvalue weighted by molar-refractivity contribution is 7.22. The van der Waals surface area contributed by atoms with Crippen LogP contribution in [0, 0.1) is 11.6 Å². The fraction of sp³-hybridized carbons (Fsp3) is 0.263.